The van der Waals surface area contributed by atoms with Gasteiger partial charge in [0.2, 0.25) is 0 Å². The summed E-state index contributed by atoms with van der Waals surface area (Å²) in [6, 6.07) is 0. The van der Waals surface area contributed by atoms with Crippen molar-refractivity contribution in [3.05, 3.63) is 0 Å². The first-order chi connectivity index (χ1) is 5.29. The maximum absolute atomic E-state index is 9.08. The molecule has 0 aromatic heterocycles. The van der Waals surface area contributed by atoms with E-state index in [9.17, 15) is 0 Å². The van der Waals surface area contributed by atoms with E-state index in [1.165, 1.54) is 30.8 Å². The van der Waals surface area contributed by atoms with Crippen LogP contribution in [0.2, 0.25) is 0 Å². The van der Waals surface area contributed by atoms with Crippen LogP contribution >= 0.6 is 11.8 Å². The number of aliphatic hydroxyl groups is 1. The average molecular weight is 174 g/mol. The van der Waals surface area contributed by atoms with E-state index in [4.69, 9.17) is 5.11 Å². The van der Waals surface area contributed by atoms with Gasteiger partial charge in [0.25, 0.3) is 0 Å². The molecule has 1 N–H and O–H groups in total. The molecular formula is C9H18OS. The molecule has 1 aliphatic rings. The van der Waals surface area contributed by atoms with E-state index in [2.05, 4.69) is 11.8 Å². The van der Waals surface area contributed by atoms with Crippen molar-refractivity contribution in [1.29, 1.82) is 0 Å². The molecule has 0 spiro atoms. The molecule has 0 amide bonds. The maximum atomic E-state index is 9.08. The first kappa shape index (κ1) is 9.40. The van der Waals surface area contributed by atoms with Crippen molar-refractivity contribution in [2.24, 2.45) is 5.92 Å². The van der Waals surface area contributed by atoms with Crippen LogP contribution in [-0.2, 0) is 0 Å². The molecule has 0 saturated carbocycles. The van der Waals surface area contributed by atoms with Gasteiger partial charge in [-0.2, -0.15) is 11.8 Å². The van der Waals surface area contributed by atoms with Crippen molar-refractivity contribution in [3.63, 3.8) is 0 Å². The summed E-state index contributed by atoms with van der Waals surface area (Å²) in [5, 5.41) is 9.08. The maximum Gasteiger partial charge on any atom is 0.0512 e. The topological polar surface area (TPSA) is 20.2 Å². The van der Waals surface area contributed by atoms with E-state index < -0.39 is 0 Å². The van der Waals surface area contributed by atoms with Crippen LogP contribution in [0.4, 0.5) is 0 Å². The number of hydrogen-bond acceptors (Lipinski definition) is 2. The molecule has 0 aliphatic carbocycles. The zero-order valence-electron chi connectivity index (χ0n) is 7.25. The van der Waals surface area contributed by atoms with Gasteiger partial charge in [-0.05, 0) is 50.0 Å². The molecule has 0 aromatic rings. The van der Waals surface area contributed by atoms with Crippen LogP contribution in [0.15, 0.2) is 0 Å². The lowest BCUT2D eigenvalue weighted by atomic mass is 9.98. The van der Waals surface area contributed by atoms with Crippen LogP contribution in [0.5, 0.6) is 0 Å². The fraction of sp³-hybridized carbons (Fsp3) is 1.00. The molecule has 11 heavy (non-hydrogen) atoms. The fourth-order valence-electron chi connectivity index (χ4n) is 1.51. The van der Waals surface area contributed by atoms with E-state index in [1.807, 2.05) is 6.92 Å². The number of aliphatic hydroxyl groups excluding tert-OH is 1. The highest BCUT2D eigenvalue weighted by Gasteiger charge is 2.13. The second-order valence-corrected chi connectivity index (χ2v) is 4.66. The highest BCUT2D eigenvalue weighted by Crippen LogP contribution is 2.26. The fourth-order valence-corrected chi connectivity index (χ4v) is 2.72. The molecule has 2 heteroatoms. The summed E-state index contributed by atoms with van der Waals surface area (Å²) in [6.45, 7) is 1.88. The Bertz CT molecular complexity index is 97.7. The zero-order valence-corrected chi connectivity index (χ0v) is 8.07. The number of rotatable bonds is 3. The lowest BCUT2D eigenvalue weighted by Gasteiger charge is -2.21. The normalized spacial score (nSPS) is 28.4. The van der Waals surface area contributed by atoms with Gasteiger partial charge in [0.15, 0.2) is 0 Å². The largest absolute Gasteiger partial charge is 0.393 e. The van der Waals surface area contributed by atoms with E-state index in [-0.39, 0.29) is 6.10 Å². The highest BCUT2D eigenvalue weighted by atomic mass is 32.2. The number of hydrogen-bond donors (Lipinski definition) is 1. The van der Waals surface area contributed by atoms with Crippen LogP contribution in [0, 0.1) is 5.92 Å². The molecule has 1 heterocycles. The lowest BCUT2D eigenvalue weighted by molar-refractivity contribution is 0.174. The van der Waals surface area contributed by atoms with Crippen molar-refractivity contribution >= 4 is 11.8 Å². The first-order valence-corrected chi connectivity index (χ1v) is 5.70. The van der Waals surface area contributed by atoms with Crippen molar-refractivity contribution in [2.75, 3.05) is 11.5 Å². The predicted molar refractivity (Wildman–Crippen MR) is 51.0 cm³/mol. The molecular weight excluding hydrogens is 156 g/mol. The minimum atomic E-state index is -0.0954. The first-order valence-electron chi connectivity index (χ1n) is 4.55. The molecule has 66 valence electrons. The molecule has 1 fully saturated rings. The molecule has 1 aliphatic heterocycles. The Morgan fingerprint density at radius 3 is 3.00 bits per heavy atom. The molecule has 2 atom stereocenters. The SMILES string of the molecule is CC(O)CCC1CCCSC1. The molecule has 1 saturated heterocycles. The van der Waals surface area contributed by atoms with Crippen molar-refractivity contribution in [3.8, 4) is 0 Å². The monoisotopic (exact) mass is 174 g/mol. The smallest absolute Gasteiger partial charge is 0.0512 e. The van der Waals surface area contributed by atoms with Crippen LogP contribution in [0.25, 0.3) is 0 Å². The van der Waals surface area contributed by atoms with Gasteiger partial charge in [-0.1, -0.05) is 0 Å². The Labute approximate surface area is 73.6 Å². The summed E-state index contributed by atoms with van der Waals surface area (Å²) in [5.74, 6) is 3.57. The molecule has 1 nitrogen and oxygen atoms in total. The summed E-state index contributed by atoms with van der Waals surface area (Å²) in [4.78, 5) is 0. The summed E-state index contributed by atoms with van der Waals surface area (Å²) in [7, 11) is 0. The summed E-state index contributed by atoms with van der Waals surface area (Å²) in [6.07, 6.45) is 4.90. The van der Waals surface area contributed by atoms with E-state index in [1.54, 1.807) is 0 Å². The highest BCUT2D eigenvalue weighted by molar-refractivity contribution is 7.99. The van der Waals surface area contributed by atoms with Crippen molar-refractivity contribution in [2.45, 2.75) is 38.7 Å². The third kappa shape index (κ3) is 4.02. The molecule has 1 rings (SSSR count). The van der Waals surface area contributed by atoms with Crippen molar-refractivity contribution < 1.29 is 5.11 Å². The zero-order chi connectivity index (χ0) is 8.10. The molecule has 0 aromatic carbocycles. The average Bonchev–Trinajstić information content (AvgIpc) is 2.03. The Morgan fingerprint density at radius 2 is 2.45 bits per heavy atom. The van der Waals surface area contributed by atoms with Gasteiger partial charge in [0.1, 0.15) is 0 Å². The second-order valence-electron chi connectivity index (χ2n) is 3.51. The number of thioether (sulfide) groups is 1. The van der Waals surface area contributed by atoms with Gasteiger partial charge >= 0.3 is 0 Å². The van der Waals surface area contributed by atoms with E-state index in [0.29, 0.717) is 0 Å². The van der Waals surface area contributed by atoms with Gasteiger partial charge < -0.3 is 5.11 Å². The van der Waals surface area contributed by atoms with Gasteiger partial charge in [-0.15, -0.1) is 0 Å². The molecule has 0 bridgehead atoms. The van der Waals surface area contributed by atoms with Gasteiger partial charge in [0.05, 0.1) is 6.10 Å². The summed E-state index contributed by atoms with van der Waals surface area (Å²) in [5.41, 5.74) is 0. The van der Waals surface area contributed by atoms with E-state index >= 15 is 0 Å². The third-order valence-electron chi connectivity index (χ3n) is 2.25. The van der Waals surface area contributed by atoms with Crippen molar-refractivity contribution in [1.82, 2.24) is 0 Å². The Balaban J connectivity index is 2.05. The van der Waals surface area contributed by atoms with Gasteiger partial charge in [-0.3, -0.25) is 0 Å². The standard InChI is InChI=1S/C9H18OS/c1-8(10)4-5-9-3-2-6-11-7-9/h8-10H,2-7H2,1H3. The van der Waals surface area contributed by atoms with Crippen LogP contribution in [0.1, 0.15) is 32.6 Å². The van der Waals surface area contributed by atoms with Crippen LogP contribution in [-0.4, -0.2) is 22.7 Å². The van der Waals surface area contributed by atoms with E-state index in [0.717, 1.165) is 12.3 Å². The summed E-state index contributed by atoms with van der Waals surface area (Å²) < 4.78 is 0. The lowest BCUT2D eigenvalue weighted by Crippen LogP contribution is -2.12. The quantitative estimate of drug-likeness (QED) is 0.708. The Kier molecular flexibility index (Phi) is 4.31. The molecule has 2 unspecified atom stereocenters. The van der Waals surface area contributed by atoms with Crippen LogP contribution in [0.3, 0.4) is 0 Å². The molecule has 0 radical (unpaired) electrons. The second kappa shape index (κ2) is 5.04. The summed E-state index contributed by atoms with van der Waals surface area (Å²) >= 11 is 2.07. The minimum Gasteiger partial charge on any atom is -0.393 e. The Morgan fingerprint density at radius 1 is 1.64 bits per heavy atom. The van der Waals surface area contributed by atoms with Crippen LogP contribution < -0.4 is 0 Å². The van der Waals surface area contributed by atoms with Gasteiger partial charge in [0, 0.05) is 0 Å². The minimum absolute atomic E-state index is 0.0954. The van der Waals surface area contributed by atoms with Gasteiger partial charge in [-0.25, -0.2) is 0 Å². The Hall–Kier alpha value is 0.310. The predicted octanol–water partition coefficient (Wildman–Crippen LogP) is 2.29. The third-order valence-corrected chi connectivity index (χ3v) is 3.53.